The van der Waals surface area contributed by atoms with Crippen molar-refractivity contribution in [1.29, 1.82) is 0 Å². The maximum atomic E-state index is 12.3. The first-order valence-corrected chi connectivity index (χ1v) is 10.7. The third-order valence-corrected chi connectivity index (χ3v) is 5.96. The van der Waals surface area contributed by atoms with E-state index in [4.69, 9.17) is 16.3 Å². The summed E-state index contributed by atoms with van der Waals surface area (Å²) in [4.78, 5) is 12.3. The Kier molecular flexibility index (Phi) is 5.88. The molecule has 9 heteroatoms. The lowest BCUT2D eigenvalue weighted by atomic mass is 10.1. The number of hydrogen-bond donors (Lipinski definition) is 0. The van der Waals surface area contributed by atoms with E-state index in [1.54, 1.807) is 7.05 Å². The number of tetrazole rings is 1. The van der Waals surface area contributed by atoms with Crippen molar-refractivity contribution in [2.24, 2.45) is 7.05 Å². The average molecular weight is 453 g/mol. The summed E-state index contributed by atoms with van der Waals surface area (Å²) in [6.45, 7) is 8.39. The molecule has 0 atom stereocenters. The van der Waals surface area contributed by atoms with Gasteiger partial charge in [0.25, 0.3) is 0 Å². The van der Waals surface area contributed by atoms with Gasteiger partial charge in [-0.2, -0.15) is 14.5 Å². The zero-order chi connectivity index (χ0) is 23.0. The summed E-state index contributed by atoms with van der Waals surface area (Å²) in [5, 5.41) is 12.9. The van der Waals surface area contributed by atoms with E-state index in [0.29, 0.717) is 16.5 Å². The number of halogens is 1. The van der Waals surface area contributed by atoms with Crippen LogP contribution in [0, 0.1) is 20.8 Å². The fourth-order valence-electron chi connectivity index (χ4n) is 3.86. The first-order chi connectivity index (χ1) is 15.3. The summed E-state index contributed by atoms with van der Waals surface area (Å²) in [5.41, 5.74) is 6.37. The van der Waals surface area contributed by atoms with E-state index in [-0.39, 0.29) is 12.3 Å². The molecular formula is C23H25ClN6O2. The topological polar surface area (TPSA) is 79.8 Å². The summed E-state index contributed by atoms with van der Waals surface area (Å²) in [6.07, 6.45) is 0.931. The van der Waals surface area contributed by atoms with Crippen molar-refractivity contribution >= 4 is 11.6 Å². The van der Waals surface area contributed by atoms with Crippen molar-refractivity contribution in [3.05, 3.63) is 80.0 Å². The van der Waals surface area contributed by atoms with Crippen molar-refractivity contribution in [3.8, 4) is 17.1 Å². The quantitative estimate of drug-likeness (QED) is 0.443. The van der Waals surface area contributed by atoms with Crippen molar-refractivity contribution in [1.82, 2.24) is 29.6 Å². The molecule has 0 spiro atoms. The molecule has 0 unspecified atom stereocenters. The molecule has 2 aromatic heterocycles. The van der Waals surface area contributed by atoms with Crippen LogP contribution in [0.3, 0.4) is 0 Å². The highest BCUT2D eigenvalue weighted by molar-refractivity contribution is 6.32. The van der Waals surface area contributed by atoms with Gasteiger partial charge in [0.1, 0.15) is 12.4 Å². The molecule has 0 bridgehead atoms. The molecule has 0 aliphatic carbocycles. The van der Waals surface area contributed by atoms with Gasteiger partial charge in [-0.1, -0.05) is 30.7 Å². The van der Waals surface area contributed by atoms with Crippen LogP contribution in [0.5, 0.6) is 5.75 Å². The molecule has 0 aliphatic rings. The Morgan fingerprint density at radius 1 is 1.03 bits per heavy atom. The Labute approximate surface area is 191 Å². The molecule has 8 nitrogen and oxygen atoms in total. The van der Waals surface area contributed by atoms with Crippen LogP contribution in [-0.2, 0) is 20.1 Å². The van der Waals surface area contributed by atoms with E-state index < -0.39 is 0 Å². The first kappa shape index (κ1) is 21.8. The Bertz CT molecular complexity index is 1350. The van der Waals surface area contributed by atoms with E-state index in [2.05, 4.69) is 29.4 Å². The van der Waals surface area contributed by atoms with Crippen LogP contribution in [0.1, 0.15) is 35.0 Å². The van der Waals surface area contributed by atoms with Gasteiger partial charge in [0.05, 0.1) is 22.1 Å². The van der Waals surface area contributed by atoms with Gasteiger partial charge in [0.15, 0.2) is 0 Å². The smallest absolute Gasteiger partial charge is 0.368 e. The SMILES string of the molecule is CCc1c(C)nn(-c2ccc(OCc3c(C)cccc3-n3nnn(C)c3=O)c(Cl)c2)c1C. The summed E-state index contributed by atoms with van der Waals surface area (Å²) >= 11 is 6.56. The lowest BCUT2D eigenvalue weighted by molar-refractivity contribution is 0.305. The third-order valence-electron chi connectivity index (χ3n) is 5.66. The fourth-order valence-corrected chi connectivity index (χ4v) is 4.09. The molecule has 0 fully saturated rings. The minimum atomic E-state index is -0.324. The molecular weight excluding hydrogens is 428 g/mol. The predicted octanol–water partition coefficient (Wildman–Crippen LogP) is 3.87. The Morgan fingerprint density at radius 2 is 1.81 bits per heavy atom. The highest BCUT2D eigenvalue weighted by atomic mass is 35.5. The zero-order valence-electron chi connectivity index (χ0n) is 18.8. The van der Waals surface area contributed by atoms with Crippen molar-refractivity contribution in [2.45, 2.75) is 40.7 Å². The number of ether oxygens (including phenoxy) is 1. The monoisotopic (exact) mass is 452 g/mol. The normalized spacial score (nSPS) is 11.2. The van der Waals surface area contributed by atoms with Crippen molar-refractivity contribution in [3.63, 3.8) is 0 Å². The molecule has 0 saturated heterocycles. The van der Waals surface area contributed by atoms with Crippen LogP contribution >= 0.6 is 11.6 Å². The molecule has 32 heavy (non-hydrogen) atoms. The largest absolute Gasteiger partial charge is 0.487 e. The Hall–Kier alpha value is -3.39. The van der Waals surface area contributed by atoms with E-state index in [1.165, 1.54) is 14.9 Å². The number of rotatable bonds is 6. The van der Waals surface area contributed by atoms with E-state index >= 15 is 0 Å². The van der Waals surface area contributed by atoms with E-state index in [0.717, 1.165) is 34.6 Å². The van der Waals surface area contributed by atoms with Gasteiger partial charge in [-0.15, -0.1) is 0 Å². The maximum absolute atomic E-state index is 12.3. The number of aryl methyl sites for hydroxylation is 3. The highest BCUT2D eigenvalue weighted by Crippen LogP contribution is 2.30. The summed E-state index contributed by atoms with van der Waals surface area (Å²) in [6, 6.07) is 11.3. The molecule has 0 saturated carbocycles. The molecule has 0 amide bonds. The second kappa shape index (κ2) is 8.63. The minimum Gasteiger partial charge on any atom is -0.487 e. The molecule has 166 valence electrons. The molecule has 0 radical (unpaired) electrons. The van der Waals surface area contributed by atoms with Crippen LogP contribution in [0.4, 0.5) is 0 Å². The van der Waals surface area contributed by atoms with Crippen LogP contribution in [0.25, 0.3) is 11.4 Å². The number of nitrogens with zero attached hydrogens (tertiary/aromatic N) is 6. The van der Waals surface area contributed by atoms with Gasteiger partial charge in [-0.25, -0.2) is 9.48 Å². The standard InChI is InChI=1S/C23H25ClN6O2/c1-6-18-15(3)25-29(16(18)4)17-10-11-22(20(24)12-17)32-13-19-14(2)8-7-9-21(19)30-23(31)28(5)26-27-30/h7-12H,6,13H2,1-5H3. The van der Waals surface area contributed by atoms with Gasteiger partial charge in [0.2, 0.25) is 0 Å². The van der Waals surface area contributed by atoms with Gasteiger partial charge in [-0.05, 0) is 73.0 Å². The number of aromatic nitrogens is 6. The van der Waals surface area contributed by atoms with Crippen LogP contribution in [0.15, 0.2) is 41.2 Å². The Morgan fingerprint density at radius 3 is 2.44 bits per heavy atom. The number of benzene rings is 2. The van der Waals surface area contributed by atoms with Gasteiger partial charge in [0, 0.05) is 18.3 Å². The predicted molar refractivity (Wildman–Crippen MR) is 123 cm³/mol. The van der Waals surface area contributed by atoms with Crippen LogP contribution in [-0.4, -0.2) is 29.6 Å². The molecule has 4 aromatic rings. The Balaban J connectivity index is 1.62. The van der Waals surface area contributed by atoms with Crippen molar-refractivity contribution < 1.29 is 4.74 Å². The van der Waals surface area contributed by atoms with Gasteiger partial charge < -0.3 is 4.74 Å². The fraction of sp³-hybridized carbons (Fsp3) is 0.304. The van der Waals surface area contributed by atoms with Crippen LogP contribution < -0.4 is 10.4 Å². The average Bonchev–Trinajstić information content (AvgIpc) is 3.25. The minimum absolute atomic E-state index is 0.226. The maximum Gasteiger partial charge on any atom is 0.368 e. The molecule has 2 heterocycles. The second-order valence-electron chi connectivity index (χ2n) is 7.69. The van der Waals surface area contributed by atoms with Crippen LogP contribution in [0.2, 0.25) is 5.02 Å². The summed E-state index contributed by atoms with van der Waals surface area (Å²) in [7, 11) is 1.56. The van der Waals surface area contributed by atoms with E-state index in [9.17, 15) is 4.79 Å². The van der Waals surface area contributed by atoms with Gasteiger partial charge >= 0.3 is 5.69 Å². The lowest BCUT2D eigenvalue weighted by Gasteiger charge is -2.14. The zero-order valence-corrected chi connectivity index (χ0v) is 19.5. The van der Waals surface area contributed by atoms with E-state index in [1.807, 2.05) is 54.9 Å². The number of hydrogen-bond acceptors (Lipinski definition) is 5. The lowest BCUT2D eigenvalue weighted by Crippen LogP contribution is -2.23. The molecule has 4 rings (SSSR count). The summed E-state index contributed by atoms with van der Waals surface area (Å²) < 4.78 is 10.4. The first-order valence-electron chi connectivity index (χ1n) is 10.4. The molecule has 2 aromatic carbocycles. The molecule has 0 N–H and O–H groups in total. The highest BCUT2D eigenvalue weighted by Gasteiger charge is 2.16. The molecule has 0 aliphatic heterocycles. The van der Waals surface area contributed by atoms with Crippen molar-refractivity contribution in [2.75, 3.05) is 0 Å². The third kappa shape index (κ3) is 3.82. The van der Waals surface area contributed by atoms with Gasteiger partial charge in [-0.3, -0.25) is 0 Å². The second-order valence-corrected chi connectivity index (χ2v) is 8.09. The summed E-state index contributed by atoms with van der Waals surface area (Å²) in [5.74, 6) is 0.549.